The second-order valence-corrected chi connectivity index (χ2v) is 9.24. The molecule has 2 aromatic rings. The molecular formula is C16H21N3O3S2. The highest BCUT2D eigenvalue weighted by Crippen LogP contribution is 2.31. The molecule has 0 bridgehead atoms. The van der Waals surface area contributed by atoms with E-state index in [2.05, 4.69) is 5.10 Å². The third-order valence-electron chi connectivity index (χ3n) is 4.42. The van der Waals surface area contributed by atoms with Crippen LogP contribution in [0.15, 0.2) is 29.9 Å². The lowest BCUT2D eigenvalue weighted by Crippen LogP contribution is -2.47. The van der Waals surface area contributed by atoms with Crippen molar-refractivity contribution < 1.29 is 13.2 Å². The average molecular weight is 367 g/mol. The number of sulfone groups is 1. The summed E-state index contributed by atoms with van der Waals surface area (Å²) in [7, 11) is -3.15. The van der Waals surface area contributed by atoms with E-state index in [9.17, 15) is 13.2 Å². The minimum absolute atomic E-state index is 0.0221. The van der Waals surface area contributed by atoms with Gasteiger partial charge in [0.1, 0.15) is 0 Å². The summed E-state index contributed by atoms with van der Waals surface area (Å²) in [5.41, 5.74) is 0.784. The summed E-state index contributed by atoms with van der Waals surface area (Å²) in [6, 6.07) is 3.41. The minimum Gasteiger partial charge on any atom is -0.333 e. The highest BCUT2D eigenvalue weighted by atomic mass is 32.2. The maximum Gasteiger partial charge on any atom is 0.231 e. The van der Waals surface area contributed by atoms with E-state index in [0.29, 0.717) is 6.54 Å². The van der Waals surface area contributed by atoms with Crippen molar-refractivity contribution in [3.05, 3.63) is 40.3 Å². The van der Waals surface area contributed by atoms with Gasteiger partial charge in [-0.2, -0.15) is 5.10 Å². The molecule has 3 heterocycles. The van der Waals surface area contributed by atoms with Crippen molar-refractivity contribution in [1.29, 1.82) is 0 Å². The molecule has 130 valence electrons. The van der Waals surface area contributed by atoms with E-state index in [1.165, 1.54) is 0 Å². The van der Waals surface area contributed by atoms with E-state index in [1.54, 1.807) is 27.1 Å². The molecule has 8 heteroatoms. The van der Waals surface area contributed by atoms with Crippen LogP contribution in [0.25, 0.3) is 0 Å². The molecule has 1 amide bonds. The van der Waals surface area contributed by atoms with Gasteiger partial charge in [-0.05, 0) is 25.3 Å². The van der Waals surface area contributed by atoms with Crippen molar-refractivity contribution in [1.82, 2.24) is 14.7 Å². The molecule has 0 N–H and O–H groups in total. The number of aromatic nitrogens is 2. The van der Waals surface area contributed by atoms with E-state index in [1.807, 2.05) is 37.6 Å². The van der Waals surface area contributed by atoms with Crippen molar-refractivity contribution in [3.63, 3.8) is 0 Å². The summed E-state index contributed by atoms with van der Waals surface area (Å²) in [6.45, 7) is 4.79. The predicted molar refractivity (Wildman–Crippen MR) is 93.7 cm³/mol. The Morgan fingerprint density at radius 2 is 2.29 bits per heavy atom. The molecule has 2 atom stereocenters. The average Bonchev–Trinajstić information content (AvgIpc) is 3.24. The number of rotatable bonds is 4. The molecular weight excluding hydrogens is 346 g/mol. The fourth-order valence-corrected chi connectivity index (χ4v) is 5.25. The Kier molecular flexibility index (Phi) is 4.78. The first-order chi connectivity index (χ1) is 11.4. The van der Waals surface area contributed by atoms with E-state index in [-0.39, 0.29) is 29.9 Å². The van der Waals surface area contributed by atoms with Crippen LogP contribution in [0.1, 0.15) is 36.2 Å². The number of carbonyl (C=O) groups is 1. The molecule has 1 saturated heterocycles. The third-order valence-corrected chi connectivity index (χ3v) is 7.10. The van der Waals surface area contributed by atoms with Crippen molar-refractivity contribution in [2.24, 2.45) is 0 Å². The van der Waals surface area contributed by atoms with Gasteiger partial charge in [-0.25, -0.2) is 8.42 Å². The molecule has 1 aliphatic heterocycles. The Labute approximate surface area is 146 Å². The topological polar surface area (TPSA) is 72.3 Å². The molecule has 1 fully saturated rings. The SMILES string of the molecule is CCn1cc([C@@H]2CS(=O)(=O)CCN2C(=O)[C@@H](C)c2cccs2)cn1. The van der Waals surface area contributed by atoms with Crippen molar-refractivity contribution in [2.45, 2.75) is 32.4 Å². The van der Waals surface area contributed by atoms with Crippen LogP contribution in [-0.4, -0.2) is 47.1 Å². The second-order valence-electron chi connectivity index (χ2n) is 6.03. The number of carbonyl (C=O) groups excluding carboxylic acids is 1. The number of thiophene rings is 1. The van der Waals surface area contributed by atoms with Crippen molar-refractivity contribution in [2.75, 3.05) is 18.1 Å². The lowest BCUT2D eigenvalue weighted by atomic mass is 10.0. The number of hydrogen-bond acceptors (Lipinski definition) is 5. The summed E-state index contributed by atoms with van der Waals surface area (Å²) < 4.78 is 26.0. The first-order valence-corrected chi connectivity index (χ1v) is 10.7. The zero-order valence-electron chi connectivity index (χ0n) is 13.8. The van der Waals surface area contributed by atoms with E-state index >= 15 is 0 Å². The van der Waals surface area contributed by atoms with Crippen molar-refractivity contribution in [3.8, 4) is 0 Å². The van der Waals surface area contributed by atoms with Crippen LogP contribution in [0.5, 0.6) is 0 Å². The number of hydrogen-bond donors (Lipinski definition) is 0. The van der Waals surface area contributed by atoms with Gasteiger partial charge in [0.25, 0.3) is 0 Å². The summed E-state index contributed by atoms with van der Waals surface area (Å²) in [5.74, 6) is -0.310. The van der Waals surface area contributed by atoms with Crippen LogP contribution < -0.4 is 0 Å². The quantitative estimate of drug-likeness (QED) is 0.829. The first-order valence-electron chi connectivity index (χ1n) is 7.98. The highest BCUT2D eigenvalue weighted by molar-refractivity contribution is 7.91. The lowest BCUT2D eigenvalue weighted by Gasteiger charge is -2.36. The van der Waals surface area contributed by atoms with Gasteiger partial charge in [0.2, 0.25) is 5.91 Å². The van der Waals surface area contributed by atoms with Crippen LogP contribution in [0.3, 0.4) is 0 Å². The Bertz CT molecular complexity index is 812. The van der Waals surface area contributed by atoms with Crippen LogP contribution in [0, 0.1) is 0 Å². The van der Waals surface area contributed by atoms with Crippen LogP contribution in [0.4, 0.5) is 0 Å². The van der Waals surface area contributed by atoms with Crippen molar-refractivity contribution >= 4 is 27.1 Å². The first kappa shape index (κ1) is 17.2. The van der Waals surface area contributed by atoms with Gasteiger partial charge in [0.15, 0.2) is 9.84 Å². The fraction of sp³-hybridized carbons (Fsp3) is 0.500. The van der Waals surface area contributed by atoms with Gasteiger partial charge >= 0.3 is 0 Å². The van der Waals surface area contributed by atoms with Gasteiger partial charge < -0.3 is 4.90 Å². The third kappa shape index (κ3) is 3.39. The maximum absolute atomic E-state index is 13.0. The highest BCUT2D eigenvalue weighted by Gasteiger charge is 2.37. The molecule has 0 spiro atoms. The Morgan fingerprint density at radius 1 is 1.50 bits per heavy atom. The summed E-state index contributed by atoms with van der Waals surface area (Å²) in [4.78, 5) is 15.7. The molecule has 0 aromatic carbocycles. The van der Waals surface area contributed by atoms with E-state index in [4.69, 9.17) is 0 Å². The zero-order chi connectivity index (χ0) is 17.3. The Hall–Kier alpha value is -1.67. The van der Waals surface area contributed by atoms with Gasteiger partial charge in [-0.1, -0.05) is 6.07 Å². The molecule has 3 rings (SSSR count). The Balaban J connectivity index is 1.90. The minimum atomic E-state index is -3.15. The molecule has 0 saturated carbocycles. The smallest absolute Gasteiger partial charge is 0.231 e. The van der Waals surface area contributed by atoms with Crippen LogP contribution in [-0.2, 0) is 21.2 Å². The van der Waals surface area contributed by atoms with Crippen LogP contribution >= 0.6 is 11.3 Å². The number of amides is 1. The fourth-order valence-electron chi connectivity index (χ4n) is 2.98. The van der Waals surface area contributed by atoms with Gasteiger partial charge in [-0.15, -0.1) is 11.3 Å². The largest absolute Gasteiger partial charge is 0.333 e. The standard InChI is InChI=1S/C16H21N3O3S2/c1-3-18-10-13(9-17-18)14-11-24(21,22)8-6-19(14)16(20)12(2)15-5-4-7-23-15/h4-5,7,9-10,12,14H,3,6,8,11H2,1-2H3/t12-,14-/m0/s1. The summed E-state index contributed by atoms with van der Waals surface area (Å²) in [5, 5.41) is 6.18. The Morgan fingerprint density at radius 3 is 2.92 bits per heavy atom. The van der Waals surface area contributed by atoms with E-state index in [0.717, 1.165) is 10.4 Å². The molecule has 1 aliphatic rings. The van der Waals surface area contributed by atoms with E-state index < -0.39 is 15.9 Å². The number of aryl methyl sites for hydroxylation is 1. The molecule has 2 aromatic heterocycles. The van der Waals surface area contributed by atoms with Crippen LogP contribution in [0.2, 0.25) is 0 Å². The summed E-state index contributed by atoms with van der Waals surface area (Å²) in [6.07, 6.45) is 3.51. The number of nitrogens with zero attached hydrogens (tertiary/aromatic N) is 3. The maximum atomic E-state index is 13.0. The summed E-state index contributed by atoms with van der Waals surface area (Å²) >= 11 is 1.55. The second kappa shape index (κ2) is 6.68. The molecule has 0 radical (unpaired) electrons. The molecule has 0 unspecified atom stereocenters. The zero-order valence-corrected chi connectivity index (χ0v) is 15.4. The molecule has 6 nitrogen and oxygen atoms in total. The lowest BCUT2D eigenvalue weighted by molar-refractivity contribution is -0.134. The molecule has 0 aliphatic carbocycles. The van der Waals surface area contributed by atoms with Gasteiger partial charge in [0, 0.05) is 29.7 Å². The normalized spacial score (nSPS) is 21.6. The van der Waals surface area contributed by atoms with Gasteiger partial charge in [-0.3, -0.25) is 9.48 Å². The molecule has 24 heavy (non-hydrogen) atoms. The van der Waals surface area contributed by atoms with Gasteiger partial charge in [0.05, 0.1) is 29.7 Å². The monoisotopic (exact) mass is 367 g/mol. The predicted octanol–water partition coefficient (Wildman–Crippen LogP) is 2.07.